The third kappa shape index (κ3) is 4.35. The van der Waals surface area contributed by atoms with Gasteiger partial charge in [0.2, 0.25) is 0 Å². The summed E-state index contributed by atoms with van der Waals surface area (Å²) in [5.74, 6) is 0.700. The minimum atomic E-state index is 0.700. The van der Waals surface area contributed by atoms with Crippen molar-refractivity contribution in [2.24, 2.45) is 0 Å². The van der Waals surface area contributed by atoms with Crippen LogP contribution in [0.3, 0.4) is 0 Å². The number of nitrogens with zero attached hydrogens (tertiary/aromatic N) is 6. The van der Waals surface area contributed by atoms with Gasteiger partial charge in [0.05, 0.1) is 38.0 Å². The summed E-state index contributed by atoms with van der Waals surface area (Å²) in [6.07, 6.45) is 3.64. The monoisotopic (exact) mass is 720 g/mol. The summed E-state index contributed by atoms with van der Waals surface area (Å²) in [7, 11) is 0. The van der Waals surface area contributed by atoms with E-state index in [1.165, 1.54) is 42.7 Å². The Bertz CT molecular complexity index is 3470. The number of fused-ring (bicyclic) bond motifs is 13. The lowest BCUT2D eigenvalue weighted by Crippen LogP contribution is -1.97. The fourth-order valence-electron chi connectivity index (χ4n) is 8.58. The van der Waals surface area contributed by atoms with Crippen molar-refractivity contribution in [1.82, 2.24) is 29.1 Å². The average molecular weight is 721 g/mol. The van der Waals surface area contributed by atoms with Gasteiger partial charge >= 0.3 is 0 Å². The molecule has 12 aromatic rings. The van der Waals surface area contributed by atoms with E-state index in [0.29, 0.717) is 5.82 Å². The lowest BCUT2D eigenvalue weighted by Gasteiger charge is -2.12. The molecule has 55 heavy (non-hydrogen) atoms. The van der Waals surface area contributed by atoms with Gasteiger partial charge in [0.25, 0.3) is 0 Å². The molecule has 0 aliphatic rings. The average Bonchev–Trinajstić information content (AvgIpc) is 3.92. The van der Waals surface area contributed by atoms with Crippen LogP contribution in [0.25, 0.3) is 109 Å². The van der Waals surface area contributed by atoms with Gasteiger partial charge in [-0.2, -0.15) is 0 Å². The highest BCUT2D eigenvalue weighted by atomic mass is 32.1. The molecule has 0 saturated carbocycles. The molecule has 0 bridgehead atoms. The maximum atomic E-state index is 5.16. The van der Waals surface area contributed by atoms with E-state index in [-0.39, 0.29) is 0 Å². The van der Waals surface area contributed by atoms with Crippen molar-refractivity contribution in [3.8, 4) is 34.0 Å². The van der Waals surface area contributed by atoms with Crippen LogP contribution < -0.4 is 0 Å². The van der Waals surface area contributed by atoms with Crippen LogP contribution in [0.15, 0.2) is 170 Å². The lowest BCUT2D eigenvalue weighted by molar-refractivity contribution is 1.18. The highest BCUT2D eigenvalue weighted by molar-refractivity contribution is 7.26. The Hall–Kier alpha value is -7.22. The van der Waals surface area contributed by atoms with Crippen LogP contribution in [0.4, 0.5) is 0 Å². The van der Waals surface area contributed by atoms with Gasteiger partial charge in [-0.1, -0.05) is 103 Å². The molecule has 0 fully saturated rings. The molecule has 7 heteroatoms. The van der Waals surface area contributed by atoms with E-state index >= 15 is 0 Å². The van der Waals surface area contributed by atoms with Gasteiger partial charge in [-0.05, 0) is 54.6 Å². The Morgan fingerprint density at radius 2 is 1.07 bits per heavy atom. The quantitative estimate of drug-likeness (QED) is 0.182. The number of benzene rings is 7. The first kappa shape index (κ1) is 30.3. The second-order valence-corrected chi connectivity index (χ2v) is 14.9. The van der Waals surface area contributed by atoms with Crippen LogP contribution in [0.5, 0.6) is 0 Å². The highest BCUT2D eigenvalue weighted by Crippen LogP contribution is 2.50. The molecule has 0 spiro atoms. The minimum Gasteiger partial charge on any atom is -0.309 e. The zero-order valence-electron chi connectivity index (χ0n) is 29.3. The van der Waals surface area contributed by atoms with E-state index in [9.17, 15) is 0 Å². The number of aromatic nitrogens is 6. The second kappa shape index (κ2) is 11.6. The molecule has 7 aromatic carbocycles. The third-order valence-corrected chi connectivity index (χ3v) is 12.0. The van der Waals surface area contributed by atoms with E-state index in [4.69, 9.17) is 15.0 Å². The first-order valence-electron chi connectivity index (χ1n) is 18.3. The Kier molecular flexibility index (Phi) is 6.40. The van der Waals surface area contributed by atoms with Crippen LogP contribution >= 0.6 is 11.3 Å². The van der Waals surface area contributed by atoms with E-state index in [2.05, 4.69) is 154 Å². The summed E-state index contributed by atoms with van der Waals surface area (Å²) in [5, 5.41) is 8.14. The largest absolute Gasteiger partial charge is 0.309 e. The normalized spacial score (nSPS) is 12.0. The molecule has 0 aliphatic carbocycles. The highest BCUT2D eigenvalue weighted by Gasteiger charge is 2.27. The fourth-order valence-corrected chi connectivity index (χ4v) is 9.74. The van der Waals surface area contributed by atoms with Gasteiger partial charge in [-0.25, -0.2) is 19.9 Å². The van der Waals surface area contributed by atoms with Crippen LogP contribution in [0, 0.1) is 0 Å². The van der Waals surface area contributed by atoms with Crippen molar-refractivity contribution in [3.05, 3.63) is 170 Å². The molecule has 0 radical (unpaired) electrons. The fraction of sp³-hybridized carbons (Fsp3) is 0. The molecule has 5 heterocycles. The third-order valence-electron chi connectivity index (χ3n) is 10.9. The first-order valence-corrected chi connectivity index (χ1v) is 19.1. The standard InChI is InChI=1S/C48H28N6S/c1-3-13-29(14-4-1)43-33-17-7-10-20-37(33)51-47(52-43)30-23-25-32(26-24-30)54-39-22-12-9-19-35(39)42-44-40(41-36-27-49-28-50-48(36)55-46(41)45(42)54)34-18-8-11-21-38(34)53(44)31-15-5-2-6-16-31/h1-28H. The summed E-state index contributed by atoms with van der Waals surface area (Å²) >= 11 is 1.74. The molecular formula is C48H28N6S. The molecule has 6 nitrogen and oxygen atoms in total. The Balaban J connectivity index is 1.18. The molecule has 0 aliphatic heterocycles. The lowest BCUT2D eigenvalue weighted by atomic mass is 10.0. The molecule has 256 valence electrons. The molecular weight excluding hydrogens is 693 g/mol. The Labute approximate surface area is 318 Å². The van der Waals surface area contributed by atoms with Gasteiger partial charge in [0.1, 0.15) is 11.2 Å². The van der Waals surface area contributed by atoms with Crippen LogP contribution in [0.2, 0.25) is 0 Å². The van der Waals surface area contributed by atoms with Crippen LogP contribution in [-0.2, 0) is 0 Å². The Morgan fingerprint density at radius 1 is 0.455 bits per heavy atom. The number of hydrogen-bond acceptors (Lipinski definition) is 5. The summed E-state index contributed by atoms with van der Waals surface area (Å²) in [4.78, 5) is 20.5. The van der Waals surface area contributed by atoms with Gasteiger partial charge < -0.3 is 9.13 Å². The SMILES string of the molecule is c1ccc(-c2nc(-c3ccc(-n4c5ccccc5c5c4c4sc6ncncc6c4c4c6ccccc6n(-c6ccccc6)c45)cc3)nc3ccccc23)cc1. The predicted octanol–water partition coefficient (Wildman–Crippen LogP) is 12.3. The molecule has 0 atom stereocenters. The molecule has 0 N–H and O–H groups in total. The Morgan fingerprint density at radius 3 is 1.84 bits per heavy atom. The summed E-state index contributed by atoms with van der Waals surface area (Å²) in [6.45, 7) is 0. The van der Waals surface area contributed by atoms with Crippen molar-refractivity contribution >= 4 is 86.2 Å². The van der Waals surface area contributed by atoms with E-state index < -0.39 is 0 Å². The van der Waals surface area contributed by atoms with Crippen molar-refractivity contribution < 1.29 is 0 Å². The topological polar surface area (TPSA) is 61.4 Å². The van der Waals surface area contributed by atoms with E-state index in [1.54, 1.807) is 17.7 Å². The summed E-state index contributed by atoms with van der Waals surface area (Å²) in [5.41, 5.74) is 10.7. The number of para-hydroxylation sites is 4. The molecule has 0 unspecified atom stereocenters. The molecule has 0 saturated heterocycles. The minimum absolute atomic E-state index is 0.700. The van der Waals surface area contributed by atoms with E-state index in [1.807, 2.05) is 24.4 Å². The maximum absolute atomic E-state index is 5.16. The molecule has 5 aromatic heterocycles. The molecule has 12 rings (SSSR count). The predicted molar refractivity (Wildman–Crippen MR) is 228 cm³/mol. The number of thiophene rings is 1. The van der Waals surface area contributed by atoms with Crippen molar-refractivity contribution in [2.75, 3.05) is 0 Å². The van der Waals surface area contributed by atoms with Crippen molar-refractivity contribution in [3.63, 3.8) is 0 Å². The van der Waals surface area contributed by atoms with Crippen LogP contribution in [0.1, 0.15) is 0 Å². The second-order valence-electron chi connectivity index (χ2n) is 13.9. The van der Waals surface area contributed by atoms with Gasteiger partial charge in [0, 0.05) is 66.4 Å². The van der Waals surface area contributed by atoms with Crippen molar-refractivity contribution in [2.45, 2.75) is 0 Å². The van der Waals surface area contributed by atoms with E-state index in [0.717, 1.165) is 60.3 Å². The van der Waals surface area contributed by atoms with Gasteiger partial charge in [0.15, 0.2) is 5.82 Å². The smallest absolute Gasteiger partial charge is 0.160 e. The van der Waals surface area contributed by atoms with Crippen LogP contribution in [-0.4, -0.2) is 29.1 Å². The number of rotatable bonds is 4. The zero-order valence-corrected chi connectivity index (χ0v) is 30.1. The zero-order chi connectivity index (χ0) is 36.0. The summed E-state index contributed by atoms with van der Waals surface area (Å²) in [6, 6.07) is 55.6. The summed E-state index contributed by atoms with van der Waals surface area (Å²) < 4.78 is 6.07. The maximum Gasteiger partial charge on any atom is 0.160 e. The first-order chi connectivity index (χ1) is 27.3. The van der Waals surface area contributed by atoms with Gasteiger partial charge in [-0.15, -0.1) is 11.3 Å². The number of hydrogen-bond donors (Lipinski definition) is 0. The van der Waals surface area contributed by atoms with Crippen molar-refractivity contribution in [1.29, 1.82) is 0 Å². The molecule has 0 amide bonds. The van der Waals surface area contributed by atoms with Gasteiger partial charge in [-0.3, -0.25) is 0 Å².